The molecule has 34 heavy (non-hydrogen) atoms. The summed E-state index contributed by atoms with van der Waals surface area (Å²) in [7, 11) is 2.98. The van der Waals surface area contributed by atoms with Gasteiger partial charge in [0.05, 0.1) is 32.1 Å². The van der Waals surface area contributed by atoms with Gasteiger partial charge in [-0.1, -0.05) is 12.1 Å². The third kappa shape index (κ3) is 4.54. The number of fused-ring (bicyclic) bond motifs is 3. The van der Waals surface area contributed by atoms with Crippen LogP contribution in [-0.2, 0) is 22.4 Å². The van der Waals surface area contributed by atoms with Crippen molar-refractivity contribution in [1.82, 2.24) is 0 Å². The summed E-state index contributed by atoms with van der Waals surface area (Å²) in [5.74, 6) is 1.87. The molecular formula is C28H33NO5. The minimum atomic E-state index is -0.415. The topological polar surface area (TPSA) is 66.4 Å². The van der Waals surface area contributed by atoms with Crippen molar-refractivity contribution < 1.29 is 23.7 Å². The first-order valence-corrected chi connectivity index (χ1v) is 11.6. The Hall–Kier alpha value is -3.28. The zero-order chi connectivity index (χ0) is 24.7. The molecule has 0 radical (unpaired) electrons. The molecular weight excluding hydrogens is 430 g/mol. The predicted octanol–water partition coefficient (Wildman–Crippen LogP) is 5.17. The molecule has 4 rings (SSSR count). The predicted molar refractivity (Wildman–Crippen MR) is 133 cm³/mol. The Balaban J connectivity index is 1.88. The number of aliphatic imine (C=N–C) groups is 1. The van der Waals surface area contributed by atoms with Crippen molar-refractivity contribution in [2.75, 3.05) is 20.8 Å². The van der Waals surface area contributed by atoms with Crippen LogP contribution < -0.4 is 14.2 Å². The minimum absolute atomic E-state index is 0.272. The molecule has 2 aromatic rings. The molecule has 2 aliphatic rings. The fourth-order valence-corrected chi connectivity index (χ4v) is 4.76. The molecule has 0 aliphatic carbocycles. The highest BCUT2D eigenvalue weighted by atomic mass is 16.5. The highest BCUT2D eigenvalue weighted by Gasteiger charge is 2.39. The summed E-state index contributed by atoms with van der Waals surface area (Å²) in [6.45, 7) is 11.1. The third-order valence-corrected chi connectivity index (χ3v) is 6.09. The lowest BCUT2D eigenvalue weighted by Gasteiger charge is -2.31. The van der Waals surface area contributed by atoms with Crippen molar-refractivity contribution in [1.29, 1.82) is 0 Å². The molecule has 0 fully saturated rings. The van der Waals surface area contributed by atoms with E-state index in [0.717, 1.165) is 52.3 Å². The second-order valence-corrected chi connectivity index (χ2v) is 9.95. The maximum absolute atomic E-state index is 11.6. The van der Waals surface area contributed by atoms with E-state index in [2.05, 4.69) is 33.8 Å². The summed E-state index contributed by atoms with van der Waals surface area (Å²) in [5.41, 5.74) is 5.57. The summed E-state index contributed by atoms with van der Waals surface area (Å²) in [6, 6.07) is 8.06. The smallest absolute Gasteiger partial charge is 0.330 e. The van der Waals surface area contributed by atoms with Crippen LogP contribution >= 0.6 is 0 Å². The molecule has 0 bridgehead atoms. The molecule has 2 heterocycles. The summed E-state index contributed by atoms with van der Waals surface area (Å²) < 4.78 is 22.7. The van der Waals surface area contributed by atoms with Crippen molar-refractivity contribution in [3.05, 3.63) is 58.2 Å². The maximum atomic E-state index is 11.6. The van der Waals surface area contributed by atoms with Crippen LogP contribution in [0.3, 0.4) is 0 Å². The molecule has 0 amide bonds. The minimum Gasteiger partial charge on any atom is -0.496 e. The SMILES string of the molecule is CCOc1cc2c(c3c1OC(C)(C)C3)C(c1ccc(C=CC(=O)OC)c(OC)c1)=NC(C)(C)C2. The number of nitrogens with zero attached hydrogens (tertiary/aromatic N) is 1. The van der Waals surface area contributed by atoms with E-state index in [-0.39, 0.29) is 11.1 Å². The third-order valence-electron chi connectivity index (χ3n) is 6.09. The molecule has 6 heteroatoms. The fourth-order valence-electron chi connectivity index (χ4n) is 4.76. The number of ether oxygens (including phenoxy) is 4. The number of benzene rings is 2. The Morgan fingerprint density at radius 2 is 1.88 bits per heavy atom. The quantitative estimate of drug-likeness (QED) is 0.437. The van der Waals surface area contributed by atoms with Crippen LogP contribution in [-0.4, -0.2) is 43.6 Å². The Bertz CT molecular complexity index is 1190. The lowest BCUT2D eigenvalue weighted by molar-refractivity contribution is -0.134. The zero-order valence-electron chi connectivity index (χ0n) is 21.1. The Morgan fingerprint density at radius 1 is 1.12 bits per heavy atom. The van der Waals surface area contributed by atoms with Crippen molar-refractivity contribution in [3.63, 3.8) is 0 Å². The fraction of sp³-hybridized carbons (Fsp3) is 0.429. The Labute approximate surface area is 201 Å². The summed E-state index contributed by atoms with van der Waals surface area (Å²) >= 11 is 0. The van der Waals surface area contributed by atoms with Gasteiger partial charge in [-0.2, -0.15) is 0 Å². The number of methoxy groups -OCH3 is 2. The molecule has 2 aliphatic heterocycles. The highest BCUT2D eigenvalue weighted by molar-refractivity contribution is 6.16. The number of hydrogen-bond acceptors (Lipinski definition) is 6. The average molecular weight is 464 g/mol. The molecule has 0 atom stereocenters. The van der Waals surface area contributed by atoms with Crippen molar-refractivity contribution in [2.24, 2.45) is 4.99 Å². The van der Waals surface area contributed by atoms with Gasteiger partial charge in [-0.05, 0) is 64.8 Å². The zero-order valence-corrected chi connectivity index (χ0v) is 21.1. The molecule has 0 aromatic heterocycles. The van der Waals surface area contributed by atoms with Crippen molar-refractivity contribution in [3.8, 4) is 17.2 Å². The van der Waals surface area contributed by atoms with E-state index in [0.29, 0.717) is 12.4 Å². The van der Waals surface area contributed by atoms with Crippen LogP contribution in [0.1, 0.15) is 62.4 Å². The van der Waals surface area contributed by atoms with E-state index in [4.69, 9.17) is 23.9 Å². The van der Waals surface area contributed by atoms with Gasteiger partial charge in [0.25, 0.3) is 0 Å². The first-order chi connectivity index (χ1) is 16.1. The van der Waals surface area contributed by atoms with Crippen LogP contribution in [0.5, 0.6) is 17.2 Å². The molecule has 2 aromatic carbocycles. The largest absolute Gasteiger partial charge is 0.496 e. The van der Waals surface area contributed by atoms with Gasteiger partial charge >= 0.3 is 5.97 Å². The number of hydrogen-bond donors (Lipinski definition) is 0. The second-order valence-electron chi connectivity index (χ2n) is 9.95. The molecule has 0 saturated heterocycles. The monoisotopic (exact) mass is 463 g/mol. The van der Waals surface area contributed by atoms with Gasteiger partial charge in [0, 0.05) is 34.8 Å². The number of esters is 1. The van der Waals surface area contributed by atoms with Gasteiger partial charge in [0.2, 0.25) is 0 Å². The standard InChI is InChI=1S/C28H33NO5/c1-8-33-22-14-19-15-27(2,3)29-25(24(19)20-16-28(4,5)34-26(20)22)18-10-9-17(21(13-18)31-6)11-12-23(30)32-7/h9-14H,8,15-16H2,1-7H3. The first-order valence-electron chi connectivity index (χ1n) is 11.6. The second kappa shape index (κ2) is 8.82. The van der Waals surface area contributed by atoms with Gasteiger partial charge in [-0.15, -0.1) is 0 Å². The number of rotatable bonds is 6. The van der Waals surface area contributed by atoms with Gasteiger partial charge < -0.3 is 18.9 Å². The van der Waals surface area contributed by atoms with Crippen LogP contribution in [0.2, 0.25) is 0 Å². The number of carbonyl (C=O) groups is 1. The molecule has 0 N–H and O–H groups in total. The molecule has 0 saturated carbocycles. The van der Waals surface area contributed by atoms with Crippen molar-refractivity contribution >= 4 is 17.8 Å². The lowest BCUT2D eigenvalue weighted by Crippen LogP contribution is -2.30. The molecule has 0 unspecified atom stereocenters. The number of carbonyl (C=O) groups excluding carboxylic acids is 1. The van der Waals surface area contributed by atoms with Crippen molar-refractivity contribution in [2.45, 2.75) is 58.6 Å². The van der Waals surface area contributed by atoms with E-state index in [1.165, 1.54) is 18.7 Å². The van der Waals surface area contributed by atoms with E-state index < -0.39 is 5.97 Å². The summed E-state index contributed by atoms with van der Waals surface area (Å²) in [6.07, 6.45) is 4.67. The van der Waals surface area contributed by atoms with Gasteiger partial charge in [0.1, 0.15) is 11.4 Å². The van der Waals surface area contributed by atoms with Gasteiger partial charge in [-0.25, -0.2) is 4.79 Å². The van der Waals surface area contributed by atoms with Crippen LogP contribution in [0.15, 0.2) is 35.3 Å². The molecule has 6 nitrogen and oxygen atoms in total. The van der Waals surface area contributed by atoms with Crippen LogP contribution in [0, 0.1) is 0 Å². The average Bonchev–Trinajstić information content (AvgIpc) is 3.11. The van der Waals surface area contributed by atoms with E-state index in [1.54, 1.807) is 13.2 Å². The lowest BCUT2D eigenvalue weighted by atomic mass is 9.81. The van der Waals surface area contributed by atoms with Crippen LogP contribution in [0.4, 0.5) is 0 Å². The van der Waals surface area contributed by atoms with E-state index in [1.807, 2.05) is 25.1 Å². The highest BCUT2D eigenvalue weighted by Crippen LogP contribution is 2.48. The molecule has 180 valence electrons. The first kappa shape index (κ1) is 23.9. The van der Waals surface area contributed by atoms with E-state index in [9.17, 15) is 4.79 Å². The Kier molecular flexibility index (Phi) is 6.19. The van der Waals surface area contributed by atoms with Gasteiger partial charge in [-0.3, -0.25) is 4.99 Å². The van der Waals surface area contributed by atoms with E-state index >= 15 is 0 Å². The summed E-state index contributed by atoms with van der Waals surface area (Å²) in [4.78, 5) is 16.7. The van der Waals surface area contributed by atoms with Crippen LogP contribution in [0.25, 0.3) is 6.08 Å². The Morgan fingerprint density at radius 3 is 2.56 bits per heavy atom. The van der Waals surface area contributed by atoms with Gasteiger partial charge in [0.15, 0.2) is 11.5 Å². The normalized spacial score (nSPS) is 17.4. The summed E-state index contributed by atoms with van der Waals surface area (Å²) in [5, 5.41) is 0. The maximum Gasteiger partial charge on any atom is 0.330 e. The molecule has 0 spiro atoms.